The fourth-order valence-electron chi connectivity index (χ4n) is 1.83. The zero-order valence-electron chi connectivity index (χ0n) is 11.1. The van der Waals surface area contributed by atoms with Gasteiger partial charge in [-0.3, -0.25) is 4.79 Å². The van der Waals surface area contributed by atoms with Gasteiger partial charge in [0.05, 0.1) is 7.11 Å². The van der Waals surface area contributed by atoms with Crippen LogP contribution in [0.2, 0.25) is 0 Å². The van der Waals surface area contributed by atoms with E-state index in [0.29, 0.717) is 0 Å². The van der Waals surface area contributed by atoms with E-state index in [4.69, 9.17) is 9.84 Å². The zero-order chi connectivity index (χ0) is 15.7. The van der Waals surface area contributed by atoms with Crippen molar-refractivity contribution in [1.29, 1.82) is 0 Å². The van der Waals surface area contributed by atoms with E-state index in [0.717, 1.165) is 11.0 Å². The maximum absolute atomic E-state index is 13.5. The number of aliphatic carboxylic acids is 1. The lowest BCUT2D eigenvalue weighted by atomic mass is 10.1. The second-order valence-electron chi connectivity index (χ2n) is 4.19. The topological polar surface area (TPSA) is 99.4 Å². The number of methoxy groups -OCH3 is 1. The molecule has 0 bridgehead atoms. The number of phenolic OH excluding ortho intramolecular Hbond substituents is 1. The van der Waals surface area contributed by atoms with Gasteiger partial charge in [0, 0.05) is 7.05 Å². The molecule has 0 saturated carbocycles. The number of hydrogen-bond acceptors (Lipinski definition) is 5. The van der Waals surface area contributed by atoms with Crippen molar-refractivity contribution in [2.75, 3.05) is 14.2 Å². The number of benzene rings is 1. The molecule has 0 saturated heterocycles. The third kappa shape index (κ3) is 2.55. The quantitative estimate of drug-likeness (QED) is 0.801. The van der Waals surface area contributed by atoms with E-state index in [1.807, 2.05) is 0 Å². The lowest BCUT2D eigenvalue weighted by Crippen LogP contribution is -2.28. The molecule has 0 aromatic heterocycles. The first-order valence-electron chi connectivity index (χ1n) is 5.73. The van der Waals surface area contributed by atoms with E-state index in [1.54, 1.807) is 0 Å². The molecule has 1 aliphatic rings. The van der Waals surface area contributed by atoms with E-state index in [2.05, 4.69) is 4.99 Å². The van der Waals surface area contributed by atoms with E-state index in [1.165, 1.54) is 26.3 Å². The Balaban J connectivity index is 2.44. The minimum Gasteiger partial charge on any atom is -0.502 e. The molecule has 0 fully saturated rings. The molecule has 2 rings (SSSR count). The van der Waals surface area contributed by atoms with Crippen molar-refractivity contribution >= 4 is 23.8 Å². The average molecular weight is 294 g/mol. The van der Waals surface area contributed by atoms with Crippen LogP contribution in [-0.2, 0) is 9.59 Å². The number of carboxylic acid groups (broad SMARTS) is 1. The van der Waals surface area contributed by atoms with E-state index in [9.17, 15) is 19.1 Å². The molecule has 0 atom stereocenters. The van der Waals surface area contributed by atoms with Crippen LogP contribution in [0.1, 0.15) is 5.56 Å². The number of halogens is 1. The lowest BCUT2D eigenvalue weighted by molar-refractivity contribution is -0.130. The number of likely N-dealkylation sites (N-methyl/N-ethyl adjacent to an activating group) is 1. The molecular weight excluding hydrogens is 283 g/mol. The Morgan fingerprint density at radius 3 is 2.67 bits per heavy atom. The van der Waals surface area contributed by atoms with Crippen LogP contribution >= 0.6 is 0 Å². The van der Waals surface area contributed by atoms with Gasteiger partial charge < -0.3 is 19.8 Å². The highest BCUT2D eigenvalue weighted by atomic mass is 19.1. The monoisotopic (exact) mass is 294 g/mol. The van der Waals surface area contributed by atoms with Crippen molar-refractivity contribution < 1.29 is 28.9 Å². The van der Waals surface area contributed by atoms with Crippen LogP contribution in [0.3, 0.4) is 0 Å². The summed E-state index contributed by atoms with van der Waals surface area (Å²) in [5, 5.41) is 18.3. The Hall–Kier alpha value is -2.90. The van der Waals surface area contributed by atoms with Gasteiger partial charge in [-0.2, -0.15) is 4.99 Å². The summed E-state index contributed by atoms with van der Waals surface area (Å²) in [5.74, 6) is -4.18. The second-order valence-corrected chi connectivity index (χ2v) is 4.19. The molecule has 1 aromatic rings. The normalized spacial score (nSPS) is 16.3. The summed E-state index contributed by atoms with van der Waals surface area (Å²) in [7, 11) is 2.61. The second kappa shape index (κ2) is 5.23. The van der Waals surface area contributed by atoms with Gasteiger partial charge in [0.25, 0.3) is 5.91 Å². The molecule has 21 heavy (non-hydrogen) atoms. The zero-order valence-corrected chi connectivity index (χ0v) is 11.1. The van der Waals surface area contributed by atoms with Gasteiger partial charge in [0.1, 0.15) is 5.70 Å². The molecule has 1 aliphatic heterocycles. The molecule has 2 N–H and O–H groups in total. The SMILES string of the molecule is COc1cc(C=C2C(=O)N=C(C(=O)O)N2C)cc(F)c1O. The molecular formula is C13H11FN2O5. The lowest BCUT2D eigenvalue weighted by Gasteiger charge is -2.12. The number of aliphatic imine (C=N–C) groups is 1. The first-order valence-corrected chi connectivity index (χ1v) is 5.73. The smallest absolute Gasteiger partial charge is 0.372 e. The number of ether oxygens (including phenoxy) is 1. The predicted molar refractivity (Wildman–Crippen MR) is 70.4 cm³/mol. The summed E-state index contributed by atoms with van der Waals surface area (Å²) >= 11 is 0. The molecule has 7 nitrogen and oxygen atoms in total. The molecule has 110 valence electrons. The van der Waals surface area contributed by atoms with Crippen LogP contribution in [0, 0.1) is 5.82 Å². The van der Waals surface area contributed by atoms with Crippen LogP contribution in [0.15, 0.2) is 22.8 Å². The fourth-order valence-corrected chi connectivity index (χ4v) is 1.83. The number of carbonyl (C=O) groups is 2. The van der Waals surface area contributed by atoms with Crippen molar-refractivity contribution in [3.8, 4) is 11.5 Å². The van der Waals surface area contributed by atoms with Gasteiger partial charge in [-0.05, 0) is 23.8 Å². The molecule has 0 aliphatic carbocycles. The third-order valence-electron chi connectivity index (χ3n) is 2.87. The highest BCUT2D eigenvalue weighted by Crippen LogP contribution is 2.31. The van der Waals surface area contributed by atoms with Crippen molar-refractivity contribution in [3.63, 3.8) is 0 Å². The summed E-state index contributed by atoms with van der Waals surface area (Å²) in [6.07, 6.45) is 1.26. The Bertz CT molecular complexity index is 696. The number of rotatable bonds is 3. The van der Waals surface area contributed by atoms with E-state index in [-0.39, 0.29) is 17.0 Å². The number of nitrogens with zero attached hydrogens (tertiary/aromatic N) is 2. The van der Waals surface area contributed by atoms with Crippen molar-refractivity contribution in [2.45, 2.75) is 0 Å². The van der Waals surface area contributed by atoms with Gasteiger partial charge in [-0.25, -0.2) is 9.18 Å². The van der Waals surface area contributed by atoms with Gasteiger partial charge in [0.2, 0.25) is 5.84 Å². The van der Waals surface area contributed by atoms with Crippen LogP contribution in [0.25, 0.3) is 6.08 Å². The molecule has 8 heteroatoms. The van der Waals surface area contributed by atoms with E-state index >= 15 is 0 Å². The number of aromatic hydroxyl groups is 1. The van der Waals surface area contributed by atoms with Crippen LogP contribution in [0.5, 0.6) is 11.5 Å². The van der Waals surface area contributed by atoms with Gasteiger partial charge in [-0.1, -0.05) is 0 Å². The summed E-state index contributed by atoms with van der Waals surface area (Å²) in [5.41, 5.74) is 0.193. The maximum atomic E-state index is 13.5. The first-order chi connectivity index (χ1) is 9.85. The Kier molecular flexibility index (Phi) is 3.62. The average Bonchev–Trinajstić information content (AvgIpc) is 2.70. The Morgan fingerprint density at radius 2 is 2.14 bits per heavy atom. The van der Waals surface area contributed by atoms with Crippen molar-refractivity contribution in [3.05, 3.63) is 29.2 Å². The summed E-state index contributed by atoms with van der Waals surface area (Å²) in [6.45, 7) is 0. The summed E-state index contributed by atoms with van der Waals surface area (Å²) < 4.78 is 18.3. The highest BCUT2D eigenvalue weighted by Gasteiger charge is 2.30. The van der Waals surface area contributed by atoms with Crippen LogP contribution in [-0.4, -0.2) is 47.0 Å². The molecule has 1 heterocycles. The first kappa shape index (κ1) is 14.5. The van der Waals surface area contributed by atoms with Gasteiger partial charge in [-0.15, -0.1) is 0 Å². The number of carboxylic acids is 1. The standard InChI is InChI=1S/C13H11FN2O5/c1-16-8(12(18)15-11(16)13(19)20)4-6-3-7(14)10(17)9(5-6)21-2/h3-5,17H,1-2H3,(H,19,20). The number of hydrogen-bond donors (Lipinski definition) is 2. The number of amides is 1. The number of amidine groups is 1. The third-order valence-corrected chi connectivity index (χ3v) is 2.87. The van der Waals surface area contributed by atoms with Crippen molar-refractivity contribution in [1.82, 2.24) is 4.90 Å². The minimum atomic E-state index is -1.34. The molecule has 0 radical (unpaired) electrons. The van der Waals surface area contributed by atoms with Crippen molar-refractivity contribution in [2.24, 2.45) is 4.99 Å². The maximum Gasteiger partial charge on any atom is 0.372 e. The Labute approximate surface area is 118 Å². The molecule has 1 amide bonds. The van der Waals surface area contributed by atoms with Crippen LogP contribution in [0.4, 0.5) is 4.39 Å². The molecule has 1 aromatic carbocycles. The number of carbonyl (C=O) groups excluding carboxylic acids is 1. The molecule has 0 spiro atoms. The summed E-state index contributed by atoms with van der Waals surface area (Å²) in [4.78, 5) is 27.0. The summed E-state index contributed by atoms with van der Waals surface area (Å²) in [6, 6.07) is 2.30. The van der Waals surface area contributed by atoms with Gasteiger partial charge >= 0.3 is 5.97 Å². The number of phenols is 1. The molecule has 0 unspecified atom stereocenters. The Morgan fingerprint density at radius 1 is 1.48 bits per heavy atom. The van der Waals surface area contributed by atoms with E-state index < -0.39 is 29.3 Å². The van der Waals surface area contributed by atoms with Crippen LogP contribution < -0.4 is 4.74 Å². The van der Waals surface area contributed by atoms with Gasteiger partial charge in [0.15, 0.2) is 17.3 Å². The highest BCUT2D eigenvalue weighted by molar-refractivity contribution is 6.40. The fraction of sp³-hybridized carbons (Fsp3) is 0.154. The predicted octanol–water partition coefficient (Wildman–Crippen LogP) is 0.836. The minimum absolute atomic E-state index is 0.0282. The largest absolute Gasteiger partial charge is 0.502 e.